The third-order valence-electron chi connectivity index (χ3n) is 3.76. The van der Waals surface area contributed by atoms with Crippen LogP contribution in [0.15, 0.2) is 48.8 Å². The van der Waals surface area contributed by atoms with Crippen LogP contribution in [0.1, 0.15) is 11.1 Å². The highest BCUT2D eigenvalue weighted by Gasteiger charge is 2.14. The van der Waals surface area contributed by atoms with Gasteiger partial charge in [-0.15, -0.1) is 0 Å². The lowest BCUT2D eigenvalue weighted by Crippen LogP contribution is -2.02. The minimum absolute atomic E-state index is 0.0120. The average Bonchev–Trinajstić information content (AvgIpc) is 2.59. The fraction of sp³-hybridized carbons (Fsp3) is 0.118. The molecular formula is C17H14FN3O3. The van der Waals surface area contributed by atoms with E-state index >= 15 is 0 Å². The van der Waals surface area contributed by atoms with Crippen LogP contribution in [0.4, 0.5) is 15.8 Å². The Balaban J connectivity index is 1.90. The smallest absolute Gasteiger partial charge is 0.278 e. The largest absolute Gasteiger partial charge is 0.392 e. The Morgan fingerprint density at radius 3 is 2.75 bits per heavy atom. The maximum absolute atomic E-state index is 13.7. The summed E-state index contributed by atoms with van der Waals surface area (Å²) in [6.07, 6.45) is 3.02. The van der Waals surface area contributed by atoms with E-state index in [1.807, 2.05) is 0 Å². The van der Waals surface area contributed by atoms with Crippen LogP contribution in [-0.2, 0) is 13.2 Å². The van der Waals surface area contributed by atoms with Crippen molar-refractivity contribution in [2.75, 3.05) is 5.32 Å². The van der Waals surface area contributed by atoms with Gasteiger partial charge in [0.05, 0.1) is 16.9 Å². The molecule has 6 nitrogen and oxygen atoms in total. The monoisotopic (exact) mass is 327 g/mol. The van der Waals surface area contributed by atoms with Gasteiger partial charge in [0.1, 0.15) is 5.82 Å². The van der Waals surface area contributed by atoms with Gasteiger partial charge in [-0.25, -0.2) is 4.39 Å². The number of aliphatic hydroxyl groups is 1. The lowest BCUT2D eigenvalue weighted by Gasteiger charge is -2.11. The number of aromatic nitrogens is 1. The zero-order valence-corrected chi connectivity index (χ0v) is 12.6. The predicted octanol–water partition coefficient (Wildman–Crippen LogP) is 3.39. The third-order valence-corrected chi connectivity index (χ3v) is 3.76. The van der Waals surface area contributed by atoms with E-state index in [-0.39, 0.29) is 17.9 Å². The highest BCUT2D eigenvalue weighted by molar-refractivity contribution is 5.99. The van der Waals surface area contributed by atoms with Gasteiger partial charge in [0, 0.05) is 41.6 Å². The lowest BCUT2D eigenvalue weighted by molar-refractivity contribution is -0.383. The van der Waals surface area contributed by atoms with Gasteiger partial charge >= 0.3 is 0 Å². The number of hydrogen-bond donors (Lipinski definition) is 2. The van der Waals surface area contributed by atoms with Crippen LogP contribution in [0.2, 0.25) is 0 Å². The normalized spacial score (nSPS) is 10.8. The molecule has 1 aromatic heterocycles. The summed E-state index contributed by atoms with van der Waals surface area (Å²) in [7, 11) is 0. The number of pyridine rings is 1. The molecule has 0 amide bonds. The number of hydrogen-bond acceptors (Lipinski definition) is 5. The molecule has 0 saturated carbocycles. The van der Waals surface area contributed by atoms with E-state index in [1.165, 1.54) is 24.4 Å². The van der Waals surface area contributed by atoms with Gasteiger partial charge in [-0.3, -0.25) is 15.1 Å². The van der Waals surface area contributed by atoms with Crippen LogP contribution in [-0.4, -0.2) is 15.0 Å². The van der Waals surface area contributed by atoms with Crippen LogP contribution in [0.3, 0.4) is 0 Å². The first-order valence-corrected chi connectivity index (χ1v) is 7.23. The second-order valence-electron chi connectivity index (χ2n) is 5.25. The zero-order chi connectivity index (χ0) is 17.1. The Hall–Kier alpha value is -3.06. The van der Waals surface area contributed by atoms with Crippen molar-refractivity contribution in [1.29, 1.82) is 0 Å². The number of nitro groups is 1. The summed E-state index contributed by atoms with van der Waals surface area (Å²) >= 11 is 0. The van der Waals surface area contributed by atoms with Gasteiger partial charge in [-0.2, -0.15) is 0 Å². The van der Waals surface area contributed by atoms with Crippen molar-refractivity contribution in [3.63, 3.8) is 0 Å². The van der Waals surface area contributed by atoms with E-state index in [2.05, 4.69) is 10.3 Å². The maximum Gasteiger partial charge on any atom is 0.278 e. The molecule has 0 fully saturated rings. The topological polar surface area (TPSA) is 88.3 Å². The number of nitro benzene ring substituents is 1. The van der Waals surface area contributed by atoms with Gasteiger partial charge < -0.3 is 10.4 Å². The summed E-state index contributed by atoms with van der Waals surface area (Å²) in [6, 6.07) is 9.34. The molecule has 0 atom stereocenters. The Labute approximate surface area is 136 Å². The molecule has 0 radical (unpaired) electrons. The maximum atomic E-state index is 13.7. The van der Waals surface area contributed by atoms with Crippen LogP contribution < -0.4 is 5.32 Å². The standard InChI is InChI=1S/C17H14FN3O3/c18-15-7-11(1-2-12(15)10-22)8-20-16-3-4-17(21(23)24)14-9-19-6-5-13(14)16/h1-7,9,20,22H,8,10H2. The SMILES string of the molecule is O=[N+]([O-])c1ccc(NCc2ccc(CO)c(F)c2)c2ccncc12. The summed E-state index contributed by atoms with van der Waals surface area (Å²) in [5.74, 6) is -0.463. The Bertz CT molecular complexity index is 915. The molecule has 0 aliphatic heterocycles. The second-order valence-corrected chi connectivity index (χ2v) is 5.25. The van der Waals surface area contributed by atoms with Crippen molar-refractivity contribution in [1.82, 2.24) is 4.98 Å². The Kier molecular flexibility index (Phi) is 4.35. The number of nitrogens with one attached hydrogen (secondary N) is 1. The number of nitrogens with zero attached hydrogens (tertiary/aromatic N) is 2. The van der Waals surface area contributed by atoms with Gasteiger partial charge in [0.25, 0.3) is 5.69 Å². The van der Waals surface area contributed by atoms with Crippen molar-refractivity contribution >= 4 is 22.1 Å². The number of halogens is 1. The highest BCUT2D eigenvalue weighted by Crippen LogP contribution is 2.30. The fourth-order valence-electron chi connectivity index (χ4n) is 2.51. The molecule has 0 spiro atoms. The van der Waals surface area contributed by atoms with Gasteiger partial charge in [0.15, 0.2) is 0 Å². The number of anilines is 1. The minimum atomic E-state index is -0.463. The molecular weight excluding hydrogens is 313 g/mol. The van der Waals surface area contributed by atoms with Gasteiger partial charge in [0.2, 0.25) is 0 Å². The predicted molar refractivity (Wildman–Crippen MR) is 88.0 cm³/mol. The molecule has 7 heteroatoms. The van der Waals surface area contributed by atoms with Crippen LogP contribution in [0.25, 0.3) is 10.8 Å². The van der Waals surface area contributed by atoms with Gasteiger partial charge in [-0.05, 0) is 23.8 Å². The molecule has 0 unspecified atom stereocenters. The molecule has 0 aliphatic carbocycles. The number of fused-ring (bicyclic) bond motifs is 1. The summed E-state index contributed by atoms with van der Waals surface area (Å²) in [6.45, 7) is -0.00258. The van der Waals surface area contributed by atoms with Crippen molar-refractivity contribution in [3.05, 3.63) is 75.9 Å². The van der Waals surface area contributed by atoms with E-state index in [0.29, 0.717) is 28.6 Å². The number of aliphatic hydroxyl groups excluding tert-OH is 1. The second kappa shape index (κ2) is 6.59. The van der Waals surface area contributed by atoms with Crippen molar-refractivity contribution in [3.8, 4) is 0 Å². The zero-order valence-electron chi connectivity index (χ0n) is 12.6. The number of benzene rings is 2. The molecule has 0 aliphatic rings. The molecule has 0 saturated heterocycles. The summed E-state index contributed by atoms with van der Waals surface area (Å²) < 4.78 is 13.7. The molecule has 2 aromatic carbocycles. The van der Waals surface area contributed by atoms with Crippen molar-refractivity contribution in [2.45, 2.75) is 13.2 Å². The van der Waals surface area contributed by atoms with Crippen LogP contribution in [0.5, 0.6) is 0 Å². The first kappa shape index (κ1) is 15.8. The fourth-order valence-corrected chi connectivity index (χ4v) is 2.51. The number of non-ortho nitro benzene ring substituents is 1. The molecule has 122 valence electrons. The van der Waals surface area contributed by atoms with Gasteiger partial charge in [-0.1, -0.05) is 12.1 Å². The molecule has 2 N–H and O–H groups in total. The first-order chi connectivity index (χ1) is 11.6. The minimum Gasteiger partial charge on any atom is -0.392 e. The molecule has 0 bridgehead atoms. The highest BCUT2D eigenvalue weighted by atomic mass is 19.1. The summed E-state index contributed by atoms with van der Waals surface area (Å²) in [4.78, 5) is 14.6. The number of rotatable bonds is 5. The lowest BCUT2D eigenvalue weighted by atomic mass is 10.1. The van der Waals surface area contributed by atoms with E-state index in [1.54, 1.807) is 24.4 Å². The van der Waals surface area contributed by atoms with E-state index in [9.17, 15) is 14.5 Å². The van der Waals surface area contributed by atoms with E-state index < -0.39 is 10.7 Å². The van der Waals surface area contributed by atoms with Crippen molar-refractivity contribution < 1.29 is 14.4 Å². The first-order valence-electron chi connectivity index (χ1n) is 7.23. The summed E-state index contributed by atoms with van der Waals surface area (Å²) in [5.41, 5.74) is 1.63. The average molecular weight is 327 g/mol. The van der Waals surface area contributed by atoms with Crippen LogP contribution in [0, 0.1) is 15.9 Å². The molecule has 24 heavy (non-hydrogen) atoms. The van der Waals surface area contributed by atoms with E-state index in [4.69, 9.17) is 5.11 Å². The summed E-state index contributed by atoms with van der Waals surface area (Å²) in [5, 5.41) is 24.4. The quantitative estimate of drug-likeness (QED) is 0.554. The van der Waals surface area contributed by atoms with Crippen molar-refractivity contribution in [2.24, 2.45) is 0 Å². The third kappa shape index (κ3) is 3.02. The molecule has 3 aromatic rings. The molecule has 3 rings (SSSR count). The van der Waals surface area contributed by atoms with Crippen LogP contribution >= 0.6 is 0 Å². The Morgan fingerprint density at radius 2 is 2.04 bits per heavy atom. The van der Waals surface area contributed by atoms with E-state index in [0.717, 1.165) is 0 Å². The molecule has 1 heterocycles. The Morgan fingerprint density at radius 1 is 1.21 bits per heavy atom.